The fourth-order valence-corrected chi connectivity index (χ4v) is 3.00. The van der Waals surface area contributed by atoms with E-state index < -0.39 is 0 Å². The van der Waals surface area contributed by atoms with Crippen LogP contribution in [0.5, 0.6) is 0 Å². The fraction of sp³-hybridized carbons (Fsp3) is 0.727. The lowest BCUT2D eigenvalue weighted by atomic mass is 9.79. The van der Waals surface area contributed by atoms with Crippen LogP contribution in [0.1, 0.15) is 33.6 Å². The number of hydrogen-bond acceptors (Lipinski definition) is 1. The van der Waals surface area contributed by atoms with Gasteiger partial charge in [0.1, 0.15) is 5.78 Å². The van der Waals surface area contributed by atoms with Gasteiger partial charge in [-0.05, 0) is 24.7 Å². The molecule has 0 aliphatic heterocycles. The summed E-state index contributed by atoms with van der Waals surface area (Å²) >= 11 is 0. The van der Waals surface area contributed by atoms with E-state index in [-0.39, 0.29) is 11.3 Å². The Kier molecular flexibility index (Phi) is 1.48. The van der Waals surface area contributed by atoms with Crippen molar-refractivity contribution in [3.8, 4) is 0 Å². The van der Waals surface area contributed by atoms with Crippen LogP contribution in [-0.2, 0) is 4.79 Å². The Morgan fingerprint density at radius 3 is 2.75 bits per heavy atom. The van der Waals surface area contributed by atoms with E-state index in [0.717, 1.165) is 12.8 Å². The van der Waals surface area contributed by atoms with Gasteiger partial charge in [-0.3, -0.25) is 4.79 Å². The summed E-state index contributed by atoms with van der Waals surface area (Å²) in [6.07, 6.45) is 4.20. The van der Waals surface area contributed by atoms with Crippen molar-refractivity contribution < 1.29 is 4.79 Å². The molecule has 0 aromatic carbocycles. The van der Waals surface area contributed by atoms with E-state index >= 15 is 0 Å². The second-order valence-electron chi connectivity index (χ2n) is 4.80. The molecule has 1 nitrogen and oxygen atoms in total. The van der Waals surface area contributed by atoms with E-state index in [2.05, 4.69) is 26.8 Å². The van der Waals surface area contributed by atoms with Gasteiger partial charge in [0.25, 0.3) is 0 Å². The first-order valence-corrected chi connectivity index (χ1v) is 4.74. The average Bonchev–Trinajstić information content (AvgIpc) is 2.38. The highest BCUT2D eigenvalue weighted by atomic mass is 16.1. The minimum atomic E-state index is 0.265. The van der Waals surface area contributed by atoms with Crippen molar-refractivity contribution in [2.24, 2.45) is 17.3 Å². The maximum absolute atomic E-state index is 11.5. The van der Waals surface area contributed by atoms with E-state index in [9.17, 15) is 4.79 Å². The lowest BCUT2D eigenvalue weighted by Gasteiger charge is -2.24. The highest BCUT2D eigenvalue weighted by molar-refractivity contribution is 5.87. The van der Waals surface area contributed by atoms with Gasteiger partial charge in [-0.15, -0.1) is 0 Å². The van der Waals surface area contributed by atoms with Crippen molar-refractivity contribution in [3.63, 3.8) is 0 Å². The molecule has 0 spiro atoms. The monoisotopic (exact) mass is 164 g/mol. The van der Waals surface area contributed by atoms with Crippen LogP contribution in [-0.4, -0.2) is 5.78 Å². The molecule has 0 amide bonds. The Morgan fingerprint density at radius 1 is 1.50 bits per heavy atom. The van der Waals surface area contributed by atoms with Crippen LogP contribution < -0.4 is 0 Å². The maximum Gasteiger partial charge on any atom is 0.140 e. The Bertz CT molecular complexity index is 260. The van der Waals surface area contributed by atoms with Crippen molar-refractivity contribution in [2.75, 3.05) is 0 Å². The van der Waals surface area contributed by atoms with Crippen LogP contribution in [0.25, 0.3) is 0 Å². The fourth-order valence-electron chi connectivity index (χ4n) is 3.00. The minimum absolute atomic E-state index is 0.265. The summed E-state index contributed by atoms with van der Waals surface area (Å²) in [4.78, 5) is 11.5. The molecule has 0 heterocycles. The second kappa shape index (κ2) is 2.21. The van der Waals surface area contributed by atoms with E-state index in [1.165, 1.54) is 5.57 Å². The van der Waals surface area contributed by atoms with Gasteiger partial charge in [0.05, 0.1) is 0 Å². The third-order valence-corrected chi connectivity index (χ3v) is 3.50. The average molecular weight is 164 g/mol. The summed E-state index contributed by atoms with van der Waals surface area (Å²) in [5.74, 6) is 1.35. The molecule has 1 saturated carbocycles. The molecule has 0 bridgehead atoms. The van der Waals surface area contributed by atoms with Crippen LogP contribution in [0.3, 0.4) is 0 Å². The maximum atomic E-state index is 11.5. The predicted molar refractivity (Wildman–Crippen MR) is 48.8 cm³/mol. The first-order valence-electron chi connectivity index (χ1n) is 4.74. The molecule has 2 aliphatic rings. The summed E-state index contributed by atoms with van der Waals surface area (Å²) in [6, 6.07) is 0. The molecule has 1 heteroatoms. The minimum Gasteiger partial charge on any atom is -0.299 e. The zero-order chi connectivity index (χ0) is 8.93. The van der Waals surface area contributed by atoms with Crippen molar-refractivity contribution >= 4 is 5.78 Å². The summed E-state index contributed by atoms with van der Waals surface area (Å²) in [5.41, 5.74) is 1.58. The first kappa shape index (κ1) is 8.03. The van der Waals surface area contributed by atoms with Crippen molar-refractivity contribution in [1.29, 1.82) is 0 Å². The molecular formula is C11H16O. The summed E-state index contributed by atoms with van der Waals surface area (Å²) < 4.78 is 0. The van der Waals surface area contributed by atoms with E-state index in [1.807, 2.05) is 0 Å². The molecule has 2 rings (SSSR count). The van der Waals surface area contributed by atoms with Crippen LogP contribution in [0, 0.1) is 17.3 Å². The largest absolute Gasteiger partial charge is 0.299 e. The van der Waals surface area contributed by atoms with Gasteiger partial charge in [0.2, 0.25) is 0 Å². The summed E-state index contributed by atoms with van der Waals surface area (Å²) in [7, 11) is 0. The van der Waals surface area contributed by atoms with Gasteiger partial charge in [0, 0.05) is 12.3 Å². The van der Waals surface area contributed by atoms with Crippen molar-refractivity contribution in [3.05, 3.63) is 11.6 Å². The van der Waals surface area contributed by atoms with Crippen LogP contribution in [0.2, 0.25) is 0 Å². The standard InChI is InChI=1S/C11H16O/c1-7-6-11(2,3)8-4-5-9(12)10(7)8/h6,8,10H,4-5H2,1-3H3/t8-,10-/m1/s1. The van der Waals surface area contributed by atoms with E-state index in [0.29, 0.717) is 11.7 Å². The predicted octanol–water partition coefficient (Wildman–Crippen LogP) is 2.57. The van der Waals surface area contributed by atoms with Crippen LogP contribution in [0.15, 0.2) is 11.6 Å². The normalized spacial score (nSPS) is 38.2. The van der Waals surface area contributed by atoms with Crippen molar-refractivity contribution in [2.45, 2.75) is 33.6 Å². The van der Waals surface area contributed by atoms with Gasteiger partial charge >= 0.3 is 0 Å². The number of allylic oxidation sites excluding steroid dienone is 2. The smallest absolute Gasteiger partial charge is 0.140 e. The Morgan fingerprint density at radius 2 is 2.17 bits per heavy atom. The van der Waals surface area contributed by atoms with Crippen molar-refractivity contribution in [1.82, 2.24) is 0 Å². The number of hydrogen-bond donors (Lipinski definition) is 0. The molecule has 0 radical (unpaired) electrons. The zero-order valence-electron chi connectivity index (χ0n) is 8.05. The van der Waals surface area contributed by atoms with Crippen LogP contribution in [0.4, 0.5) is 0 Å². The Labute approximate surface area is 73.8 Å². The van der Waals surface area contributed by atoms with Gasteiger partial charge in [-0.1, -0.05) is 25.5 Å². The van der Waals surface area contributed by atoms with Gasteiger partial charge in [-0.2, -0.15) is 0 Å². The van der Waals surface area contributed by atoms with E-state index in [1.54, 1.807) is 0 Å². The third kappa shape index (κ3) is 0.886. The lowest BCUT2D eigenvalue weighted by Crippen LogP contribution is -2.21. The number of carbonyl (C=O) groups excluding carboxylic acids is 1. The highest BCUT2D eigenvalue weighted by Crippen LogP contribution is 2.51. The molecule has 0 saturated heterocycles. The number of Topliss-reactive ketones (excluding diaryl/α,β-unsaturated/α-hetero) is 1. The number of ketones is 1. The molecule has 1 fully saturated rings. The SMILES string of the molecule is CC1=CC(C)(C)[C@@H]2CCC(=O)[C@H]12. The quantitative estimate of drug-likeness (QED) is 0.503. The number of rotatable bonds is 0. The Balaban J connectivity index is 2.38. The molecule has 2 atom stereocenters. The van der Waals surface area contributed by atoms with E-state index in [4.69, 9.17) is 0 Å². The topological polar surface area (TPSA) is 17.1 Å². The summed E-state index contributed by atoms with van der Waals surface area (Å²) in [6.45, 7) is 6.61. The number of fused-ring (bicyclic) bond motifs is 1. The van der Waals surface area contributed by atoms with Gasteiger partial charge in [0.15, 0.2) is 0 Å². The third-order valence-electron chi connectivity index (χ3n) is 3.50. The highest BCUT2D eigenvalue weighted by Gasteiger charge is 2.47. The molecule has 0 aromatic rings. The molecule has 0 unspecified atom stereocenters. The molecule has 0 aromatic heterocycles. The molecular weight excluding hydrogens is 148 g/mol. The molecule has 66 valence electrons. The Hall–Kier alpha value is -0.590. The molecule has 12 heavy (non-hydrogen) atoms. The zero-order valence-corrected chi connectivity index (χ0v) is 8.05. The summed E-state index contributed by atoms with van der Waals surface area (Å²) in [5, 5.41) is 0. The molecule has 0 N–H and O–H groups in total. The van der Waals surface area contributed by atoms with Crippen LogP contribution >= 0.6 is 0 Å². The number of carbonyl (C=O) groups is 1. The lowest BCUT2D eigenvalue weighted by molar-refractivity contribution is -0.120. The second-order valence-corrected chi connectivity index (χ2v) is 4.80. The molecule has 2 aliphatic carbocycles. The first-order chi connectivity index (χ1) is 5.52. The van der Waals surface area contributed by atoms with Gasteiger partial charge in [-0.25, -0.2) is 0 Å². The van der Waals surface area contributed by atoms with Gasteiger partial charge < -0.3 is 0 Å².